The lowest BCUT2D eigenvalue weighted by Gasteiger charge is -2.42. The summed E-state index contributed by atoms with van der Waals surface area (Å²) in [4.78, 5) is 14.1. The van der Waals surface area contributed by atoms with E-state index in [1.54, 1.807) is 11.0 Å². The van der Waals surface area contributed by atoms with Gasteiger partial charge < -0.3 is 10.2 Å². The highest BCUT2D eigenvalue weighted by atomic mass is 35.5. The van der Waals surface area contributed by atoms with Gasteiger partial charge >= 0.3 is 0 Å². The van der Waals surface area contributed by atoms with Gasteiger partial charge in [-0.3, -0.25) is 4.79 Å². The molecule has 1 N–H and O–H groups in total. The van der Waals surface area contributed by atoms with Crippen molar-refractivity contribution in [2.45, 2.75) is 19.4 Å². The molecular weight excluding hydrogens is 255 g/mol. The number of nitrogens with zero attached hydrogens (tertiary/aromatic N) is 1. The Kier molecular flexibility index (Phi) is 3.59. The van der Waals surface area contributed by atoms with Gasteiger partial charge in [0.15, 0.2) is 0 Å². The Morgan fingerprint density at radius 2 is 2.22 bits per heavy atom. The van der Waals surface area contributed by atoms with Gasteiger partial charge in [0.25, 0.3) is 5.91 Å². The standard InChI is InChI=1S/C13H16ClFN2O/c1-13(2)8-16-5-6-17(13)12(18)9-3-4-10(14)11(15)7-9/h3-4,7,16H,5-6,8H2,1-2H3. The highest BCUT2D eigenvalue weighted by molar-refractivity contribution is 6.30. The van der Waals surface area contributed by atoms with Crippen molar-refractivity contribution < 1.29 is 9.18 Å². The van der Waals surface area contributed by atoms with Gasteiger partial charge in [-0.1, -0.05) is 11.6 Å². The van der Waals surface area contributed by atoms with Gasteiger partial charge in [-0.25, -0.2) is 4.39 Å². The van der Waals surface area contributed by atoms with Gasteiger partial charge in [0.05, 0.1) is 10.6 Å². The van der Waals surface area contributed by atoms with E-state index in [2.05, 4.69) is 5.32 Å². The summed E-state index contributed by atoms with van der Waals surface area (Å²) in [5.41, 5.74) is 0.0673. The number of carbonyl (C=O) groups excluding carboxylic acids is 1. The largest absolute Gasteiger partial charge is 0.331 e. The molecule has 0 atom stereocenters. The van der Waals surface area contributed by atoms with Crippen molar-refractivity contribution >= 4 is 17.5 Å². The number of nitrogens with one attached hydrogen (secondary N) is 1. The predicted octanol–water partition coefficient (Wildman–Crippen LogP) is 2.30. The van der Waals surface area contributed by atoms with Crippen LogP contribution in [0.5, 0.6) is 0 Å². The van der Waals surface area contributed by atoms with Crippen LogP contribution in [0.3, 0.4) is 0 Å². The molecule has 0 unspecified atom stereocenters. The van der Waals surface area contributed by atoms with Gasteiger partial charge in [-0.05, 0) is 32.0 Å². The lowest BCUT2D eigenvalue weighted by atomic mass is 9.98. The van der Waals surface area contributed by atoms with Crippen LogP contribution in [0.2, 0.25) is 5.02 Å². The molecule has 0 aliphatic carbocycles. The summed E-state index contributed by atoms with van der Waals surface area (Å²) in [6, 6.07) is 4.17. The first-order valence-corrected chi connectivity index (χ1v) is 6.27. The van der Waals surface area contributed by atoms with Gasteiger partial charge in [0.1, 0.15) is 5.82 Å². The first-order chi connectivity index (χ1) is 8.42. The molecule has 1 amide bonds. The van der Waals surface area contributed by atoms with Crippen LogP contribution in [0, 0.1) is 5.82 Å². The second-order valence-corrected chi connectivity index (χ2v) is 5.48. The van der Waals surface area contributed by atoms with Crippen LogP contribution in [0.4, 0.5) is 4.39 Å². The van der Waals surface area contributed by atoms with Crippen LogP contribution in [0.1, 0.15) is 24.2 Å². The first-order valence-electron chi connectivity index (χ1n) is 5.89. The zero-order valence-corrected chi connectivity index (χ0v) is 11.2. The topological polar surface area (TPSA) is 32.3 Å². The monoisotopic (exact) mass is 270 g/mol. The Bertz CT molecular complexity index is 476. The van der Waals surface area contributed by atoms with E-state index in [0.717, 1.165) is 13.1 Å². The fourth-order valence-corrected chi connectivity index (χ4v) is 2.26. The molecule has 1 heterocycles. The van der Waals surface area contributed by atoms with Crippen molar-refractivity contribution in [3.8, 4) is 0 Å². The molecule has 1 aromatic carbocycles. The van der Waals surface area contributed by atoms with Crippen LogP contribution >= 0.6 is 11.6 Å². The maximum absolute atomic E-state index is 13.4. The third-order valence-electron chi connectivity index (χ3n) is 3.21. The molecule has 0 spiro atoms. The average molecular weight is 271 g/mol. The fraction of sp³-hybridized carbons (Fsp3) is 0.462. The lowest BCUT2D eigenvalue weighted by Crippen LogP contribution is -2.59. The number of rotatable bonds is 1. The van der Waals surface area contributed by atoms with Crippen LogP contribution in [0.25, 0.3) is 0 Å². The molecule has 1 saturated heterocycles. The van der Waals surface area contributed by atoms with Crippen molar-refractivity contribution in [3.63, 3.8) is 0 Å². The second kappa shape index (κ2) is 4.86. The van der Waals surface area contributed by atoms with Crippen LogP contribution < -0.4 is 5.32 Å². The Morgan fingerprint density at radius 3 is 2.83 bits per heavy atom. The number of hydrogen-bond acceptors (Lipinski definition) is 2. The number of amides is 1. The predicted molar refractivity (Wildman–Crippen MR) is 69.4 cm³/mol. The van der Waals surface area contributed by atoms with E-state index < -0.39 is 5.82 Å². The molecule has 18 heavy (non-hydrogen) atoms. The number of halogens is 2. The summed E-state index contributed by atoms with van der Waals surface area (Å²) in [7, 11) is 0. The Morgan fingerprint density at radius 1 is 1.50 bits per heavy atom. The maximum atomic E-state index is 13.4. The molecule has 0 radical (unpaired) electrons. The Labute approximate surface area is 111 Å². The minimum Gasteiger partial charge on any atom is -0.331 e. The van der Waals surface area contributed by atoms with Gasteiger partial charge in [-0.15, -0.1) is 0 Å². The second-order valence-electron chi connectivity index (χ2n) is 5.07. The van der Waals surface area contributed by atoms with E-state index in [1.165, 1.54) is 12.1 Å². The molecule has 0 aromatic heterocycles. The summed E-state index contributed by atoms with van der Waals surface area (Å²) in [5, 5.41) is 3.28. The van der Waals surface area contributed by atoms with Crippen molar-refractivity contribution in [1.29, 1.82) is 0 Å². The molecule has 98 valence electrons. The van der Waals surface area contributed by atoms with Crippen molar-refractivity contribution in [2.24, 2.45) is 0 Å². The average Bonchev–Trinajstić information content (AvgIpc) is 2.31. The molecule has 0 saturated carbocycles. The summed E-state index contributed by atoms with van der Waals surface area (Å²) in [6.07, 6.45) is 0. The smallest absolute Gasteiger partial charge is 0.254 e. The SMILES string of the molecule is CC1(C)CNCCN1C(=O)c1ccc(Cl)c(F)c1. The molecule has 1 aromatic rings. The summed E-state index contributed by atoms with van der Waals surface area (Å²) in [6.45, 7) is 6.09. The highest BCUT2D eigenvalue weighted by Crippen LogP contribution is 2.22. The summed E-state index contributed by atoms with van der Waals surface area (Å²) >= 11 is 5.62. The molecule has 2 rings (SSSR count). The molecule has 5 heteroatoms. The first kappa shape index (κ1) is 13.3. The van der Waals surface area contributed by atoms with E-state index in [1.807, 2.05) is 13.8 Å². The Hall–Kier alpha value is -1.13. The molecule has 0 bridgehead atoms. The quantitative estimate of drug-likeness (QED) is 0.849. The van der Waals surface area contributed by atoms with Crippen LogP contribution in [0.15, 0.2) is 18.2 Å². The molecule has 1 fully saturated rings. The number of hydrogen-bond donors (Lipinski definition) is 1. The van der Waals surface area contributed by atoms with Gasteiger partial charge in [0.2, 0.25) is 0 Å². The van der Waals surface area contributed by atoms with Crippen LogP contribution in [-0.4, -0.2) is 36.0 Å². The summed E-state index contributed by atoms with van der Waals surface area (Å²) in [5.74, 6) is -0.715. The minimum atomic E-state index is -0.560. The summed E-state index contributed by atoms with van der Waals surface area (Å²) < 4.78 is 13.4. The third kappa shape index (κ3) is 2.49. The fourth-order valence-electron chi connectivity index (χ4n) is 2.14. The van der Waals surface area contributed by atoms with Crippen molar-refractivity contribution in [1.82, 2.24) is 10.2 Å². The van der Waals surface area contributed by atoms with E-state index >= 15 is 0 Å². The lowest BCUT2D eigenvalue weighted by molar-refractivity contribution is 0.0477. The normalized spacial score (nSPS) is 18.8. The molecule has 1 aliphatic rings. The third-order valence-corrected chi connectivity index (χ3v) is 3.52. The van der Waals surface area contributed by atoms with E-state index in [4.69, 9.17) is 11.6 Å². The van der Waals surface area contributed by atoms with Gasteiger partial charge in [-0.2, -0.15) is 0 Å². The van der Waals surface area contributed by atoms with Crippen molar-refractivity contribution in [2.75, 3.05) is 19.6 Å². The van der Waals surface area contributed by atoms with Gasteiger partial charge in [0, 0.05) is 25.2 Å². The maximum Gasteiger partial charge on any atom is 0.254 e. The molecule has 3 nitrogen and oxygen atoms in total. The van der Waals surface area contributed by atoms with Crippen LogP contribution in [-0.2, 0) is 0 Å². The van der Waals surface area contributed by atoms with E-state index in [-0.39, 0.29) is 16.5 Å². The van der Waals surface area contributed by atoms with E-state index in [0.29, 0.717) is 12.1 Å². The molecule has 1 aliphatic heterocycles. The highest BCUT2D eigenvalue weighted by Gasteiger charge is 2.33. The molecular formula is C13H16ClFN2O. The zero-order chi connectivity index (χ0) is 13.3. The number of carbonyl (C=O) groups is 1. The minimum absolute atomic E-state index is 0.0334. The van der Waals surface area contributed by atoms with E-state index in [9.17, 15) is 9.18 Å². The zero-order valence-electron chi connectivity index (χ0n) is 10.5. The Balaban J connectivity index is 2.27. The number of piperazine rings is 1. The van der Waals surface area contributed by atoms with Crippen molar-refractivity contribution in [3.05, 3.63) is 34.6 Å². The number of benzene rings is 1.